The second-order valence-corrected chi connectivity index (χ2v) is 4.98. The number of benzene rings is 1. The number of nitrogens with two attached hydrogens (primary N) is 1. The Hall–Kier alpha value is -2.34. The topological polar surface area (TPSA) is 92.9 Å². The number of hydrogen-bond acceptors (Lipinski definition) is 5. The number of aryl methyl sites for hydroxylation is 1. The van der Waals surface area contributed by atoms with Crippen LogP contribution < -0.4 is 16.4 Å². The fourth-order valence-electron chi connectivity index (χ4n) is 1.75. The molecular formula is C14H16ClN5O. The van der Waals surface area contributed by atoms with Crippen molar-refractivity contribution in [3.8, 4) is 0 Å². The first kappa shape index (κ1) is 15.1. The number of rotatable bonds is 5. The highest BCUT2D eigenvalue weighted by Crippen LogP contribution is 2.23. The first-order chi connectivity index (χ1) is 9.95. The number of hydrogen-bond donors (Lipinski definition) is 3. The normalized spacial score (nSPS) is 10.2. The van der Waals surface area contributed by atoms with Gasteiger partial charge in [0.2, 0.25) is 11.9 Å². The molecule has 0 spiro atoms. The lowest BCUT2D eigenvalue weighted by atomic mass is 10.1. The molecule has 1 amide bonds. The van der Waals surface area contributed by atoms with E-state index in [1.807, 2.05) is 32.0 Å². The summed E-state index contributed by atoms with van der Waals surface area (Å²) < 4.78 is 0. The van der Waals surface area contributed by atoms with Crippen LogP contribution >= 0.6 is 11.6 Å². The summed E-state index contributed by atoms with van der Waals surface area (Å²) >= 11 is 5.96. The summed E-state index contributed by atoms with van der Waals surface area (Å²) in [6, 6.07) is 7.56. The maximum atomic E-state index is 10.8. The molecule has 1 aromatic heterocycles. The first-order valence-electron chi connectivity index (χ1n) is 6.35. The van der Waals surface area contributed by atoms with E-state index in [1.54, 1.807) is 6.07 Å². The van der Waals surface area contributed by atoms with Crippen molar-refractivity contribution in [3.05, 3.63) is 40.5 Å². The minimum absolute atomic E-state index is 0.0523. The number of primary amides is 1. The monoisotopic (exact) mass is 305 g/mol. The Bertz CT molecular complexity index is 674. The van der Waals surface area contributed by atoms with E-state index in [1.165, 1.54) is 5.56 Å². The van der Waals surface area contributed by atoms with Gasteiger partial charge in [0.05, 0.1) is 6.54 Å². The van der Waals surface area contributed by atoms with Gasteiger partial charge in [-0.3, -0.25) is 4.79 Å². The third-order valence-electron chi connectivity index (χ3n) is 2.98. The summed E-state index contributed by atoms with van der Waals surface area (Å²) in [4.78, 5) is 19.0. The number of anilines is 3. The lowest BCUT2D eigenvalue weighted by Gasteiger charge is -2.12. The van der Waals surface area contributed by atoms with E-state index in [4.69, 9.17) is 17.3 Å². The van der Waals surface area contributed by atoms with Gasteiger partial charge in [-0.1, -0.05) is 23.7 Å². The molecule has 2 rings (SSSR count). The quantitative estimate of drug-likeness (QED) is 0.738. The molecule has 6 nitrogen and oxygen atoms in total. The van der Waals surface area contributed by atoms with Crippen LogP contribution in [0.5, 0.6) is 0 Å². The number of aromatic nitrogens is 2. The van der Waals surface area contributed by atoms with Gasteiger partial charge in [0.15, 0.2) is 0 Å². The molecule has 0 saturated heterocycles. The Balaban J connectivity index is 2.23. The van der Waals surface area contributed by atoms with Gasteiger partial charge in [0.1, 0.15) is 11.0 Å². The van der Waals surface area contributed by atoms with E-state index < -0.39 is 5.91 Å². The minimum atomic E-state index is -0.498. The van der Waals surface area contributed by atoms with Gasteiger partial charge < -0.3 is 16.4 Å². The Kier molecular flexibility index (Phi) is 4.59. The van der Waals surface area contributed by atoms with E-state index in [0.29, 0.717) is 5.82 Å². The molecule has 0 aliphatic heterocycles. The molecule has 2 aromatic rings. The highest BCUT2D eigenvalue weighted by Gasteiger charge is 2.06. The van der Waals surface area contributed by atoms with E-state index in [-0.39, 0.29) is 17.6 Å². The lowest BCUT2D eigenvalue weighted by molar-refractivity contribution is -0.116. The SMILES string of the molecule is Cc1cccc(Nc2cc(Cl)nc(NCC(N)=O)n2)c1C. The number of amides is 1. The van der Waals surface area contributed by atoms with E-state index in [0.717, 1.165) is 11.3 Å². The van der Waals surface area contributed by atoms with Gasteiger partial charge in [-0.2, -0.15) is 4.98 Å². The standard InChI is InChI=1S/C14H16ClN5O/c1-8-4-3-5-10(9(8)2)18-13-6-11(15)19-14(20-13)17-7-12(16)21/h3-6H,7H2,1-2H3,(H2,16,21)(H2,17,18,19,20). The maximum Gasteiger partial charge on any atom is 0.236 e. The highest BCUT2D eigenvalue weighted by molar-refractivity contribution is 6.29. The van der Waals surface area contributed by atoms with Crippen molar-refractivity contribution in [2.45, 2.75) is 13.8 Å². The van der Waals surface area contributed by atoms with Crippen LogP contribution in [0.2, 0.25) is 5.15 Å². The second-order valence-electron chi connectivity index (χ2n) is 4.59. The zero-order chi connectivity index (χ0) is 15.4. The van der Waals surface area contributed by atoms with Crippen molar-refractivity contribution in [2.75, 3.05) is 17.2 Å². The number of carbonyl (C=O) groups excluding carboxylic acids is 1. The molecule has 0 radical (unpaired) electrons. The van der Waals surface area contributed by atoms with Crippen LogP contribution in [0.4, 0.5) is 17.5 Å². The average molecular weight is 306 g/mol. The van der Waals surface area contributed by atoms with Crippen LogP contribution in [0.15, 0.2) is 24.3 Å². The molecule has 0 bridgehead atoms. The Morgan fingerprint density at radius 3 is 2.81 bits per heavy atom. The fourth-order valence-corrected chi connectivity index (χ4v) is 1.93. The van der Waals surface area contributed by atoms with Crippen molar-refractivity contribution in [3.63, 3.8) is 0 Å². The molecule has 7 heteroatoms. The Morgan fingerprint density at radius 2 is 2.10 bits per heavy atom. The summed E-state index contributed by atoms with van der Waals surface area (Å²) in [5, 5.41) is 6.17. The van der Waals surface area contributed by atoms with Gasteiger partial charge in [-0.15, -0.1) is 0 Å². The van der Waals surface area contributed by atoms with Crippen LogP contribution in [0.1, 0.15) is 11.1 Å². The van der Waals surface area contributed by atoms with E-state index >= 15 is 0 Å². The zero-order valence-corrected chi connectivity index (χ0v) is 12.5. The molecule has 4 N–H and O–H groups in total. The molecule has 1 aromatic carbocycles. The molecule has 0 aliphatic rings. The van der Waals surface area contributed by atoms with Crippen molar-refractivity contribution >= 4 is 35.0 Å². The molecule has 0 unspecified atom stereocenters. The molecule has 21 heavy (non-hydrogen) atoms. The number of carbonyl (C=O) groups is 1. The number of halogens is 1. The molecule has 110 valence electrons. The summed E-state index contributed by atoms with van der Waals surface area (Å²) in [6.07, 6.45) is 0. The molecule has 0 aliphatic carbocycles. The molecule has 0 saturated carbocycles. The Morgan fingerprint density at radius 1 is 1.33 bits per heavy atom. The van der Waals surface area contributed by atoms with Gasteiger partial charge in [-0.05, 0) is 31.0 Å². The van der Waals surface area contributed by atoms with Gasteiger partial charge in [0.25, 0.3) is 0 Å². The zero-order valence-electron chi connectivity index (χ0n) is 11.8. The average Bonchev–Trinajstić information content (AvgIpc) is 2.41. The second kappa shape index (κ2) is 6.41. The molecule has 1 heterocycles. The van der Waals surface area contributed by atoms with Gasteiger partial charge >= 0.3 is 0 Å². The largest absolute Gasteiger partial charge is 0.368 e. The van der Waals surface area contributed by atoms with E-state index in [9.17, 15) is 4.79 Å². The smallest absolute Gasteiger partial charge is 0.236 e. The Labute approximate surface area is 127 Å². The van der Waals surface area contributed by atoms with Gasteiger partial charge in [-0.25, -0.2) is 4.98 Å². The van der Waals surface area contributed by atoms with Crippen LogP contribution in [-0.2, 0) is 4.79 Å². The predicted octanol–water partition coefficient (Wildman–Crippen LogP) is 2.39. The summed E-state index contributed by atoms with van der Waals surface area (Å²) in [7, 11) is 0. The highest BCUT2D eigenvalue weighted by atomic mass is 35.5. The van der Waals surface area contributed by atoms with Crippen LogP contribution in [-0.4, -0.2) is 22.4 Å². The summed E-state index contributed by atoms with van der Waals surface area (Å²) in [6.45, 7) is 4.00. The summed E-state index contributed by atoms with van der Waals surface area (Å²) in [5.74, 6) is 0.285. The molecular weight excluding hydrogens is 290 g/mol. The van der Waals surface area contributed by atoms with Crippen molar-refractivity contribution in [1.29, 1.82) is 0 Å². The fraction of sp³-hybridized carbons (Fsp3) is 0.214. The minimum Gasteiger partial charge on any atom is -0.368 e. The van der Waals surface area contributed by atoms with E-state index in [2.05, 4.69) is 20.6 Å². The van der Waals surface area contributed by atoms with Crippen molar-refractivity contribution in [2.24, 2.45) is 5.73 Å². The lowest BCUT2D eigenvalue weighted by Crippen LogP contribution is -2.22. The third-order valence-corrected chi connectivity index (χ3v) is 3.18. The number of nitrogens with one attached hydrogen (secondary N) is 2. The van der Waals surface area contributed by atoms with Gasteiger partial charge in [0, 0.05) is 11.8 Å². The molecule has 0 atom stereocenters. The number of nitrogens with zero attached hydrogens (tertiary/aromatic N) is 2. The molecule has 0 fully saturated rings. The van der Waals surface area contributed by atoms with Crippen LogP contribution in [0, 0.1) is 13.8 Å². The first-order valence-corrected chi connectivity index (χ1v) is 6.73. The van der Waals surface area contributed by atoms with Crippen LogP contribution in [0.25, 0.3) is 0 Å². The summed E-state index contributed by atoms with van der Waals surface area (Å²) in [5.41, 5.74) is 8.30. The van der Waals surface area contributed by atoms with Crippen molar-refractivity contribution in [1.82, 2.24) is 9.97 Å². The predicted molar refractivity (Wildman–Crippen MR) is 83.9 cm³/mol. The maximum absolute atomic E-state index is 10.8. The van der Waals surface area contributed by atoms with Crippen LogP contribution in [0.3, 0.4) is 0 Å². The third kappa shape index (κ3) is 4.06. The van der Waals surface area contributed by atoms with Crippen molar-refractivity contribution < 1.29 is 4.79 Å².